The normalized spacial score (nSPS) is 19.4. The van der Waals surface area contributed by atoms with Crippen molar-refractivity contribution in [3.05, 3.63) is 72.9 Å². The number of allylic oxidation sites excluding steroid dienone is 11. The van der Waals surface area contributed by atoms with Gasteiger partial charge in [-0.3, -0.25) is 9.59 Å². The van der Waals surface area contributed by atoms with Gasteiger partial charge in [-0.05, 0) is 96.3 Å². The molecule has 1 rings (SSSR count). The fraction of sp³-hybridized carbons (Fsp3) is 0.791. The van der Waals surface area contributed by atoms with Gasteiger partial charge in [-0.1, -0.05) is 248 Å². The van der Waals surface area contributed by atoms with E-state index in [2.05, 4.69) is 86.8 Å². The Morgan fingerprint density at radius 1 is 0.500 bits per heavy atom. The molecule has 1 amide bonds. The molecule has 0 bridgehead atoms. The summed E-state index contributed by atoms with van der Waals surface area (Å²) in [6, 6.07) is -1.04. The summed E-state index contributed by atoms with van der Waals surface area (Å²) in [6.07, 6.45) is 59.3. The zero-order valence-electron chi connectivity index (χ0n) is 50.0. The van der Waals surface area contributed by atoms with Crippen LogP contribution in [0.4, 0.5) is 0 Å². The van der Waals surface area contributed by atoms with Crippen LogP contribution in [-0.4, -0.2) is 99.6 Å². The van der Waals surface area contributed by atoms with E-state index in [-0.39, 0.29) is 19.4 Å². The third-order valence-corrected chi connectivity index (χ3v) is 14.8. The number of aliphatic hydroxyl groups is 5. The van der Waals surface area contributed by atoms with Crippen LogP contribution >= 0.6 is 0 Å². The van der Waals surface area contributed by atoms with E-state index in [1.807, 2.05) is 6.08 Å². The van der Waals surface area contributed by atoms with Crippen LogP contribution < -0.4 is 5.32 Å². The summed E-state index contributed by atoms with van der Waals surface area (Å²) in [4.78, 5) is 26.6. The minimum atomic E-state index is -1.62. The Morgan fingerprint density at radius 3 is 1.36 bits per heavy atom. The van der Waals surface area contributed by atoms with Crippen molar-refractivity contribution in [1.82, 2.24) is 5.32 Å². The van der Waals surface area contributed by atoms with Crippen LogP contribution in [-0.2, 0) is 23.8 Å². The first-order valence-corrected chi connectivity index (χ1v) is 32.2. The van der Waals surface area contributed by atoms with Crippen LogP contribution in [0.15, 0.2) is 72.9 Å². The molecule has 1 saturated heterocycles. The fourth-order valence-electron chi connectivity index (χ4n) is 9.69. The molecule has 8 unspecified atom stereocenters. The highest BCUT2D eigenvalue weighted by atomic mass is 16.7. The maximum atomic E-state index is 13.4. The first-order valence-electron chi connectivity index (χ1n) is 32.2. The number of rotatable bonds is 54. The molecule has 1 aliphatic heterocycles. The lowest BCUT2D eigenvalue weighted by Crippen LogP contribution is -2.61. The van der Waals surface area contributed by atoms with Gasteiger partial charge in [0.15, 0.2) is 12.4 Å². The Morgan fingerprint density at radius 2 is 0.885 bits per heavy atom. The fourth-order valence-corrected chi connectivity index (χ4v) is 9.69. The maximum Gasteiger partial charge on any atom is 0.306 e. The van der Waals surface area contributed by atoms with Gasteiger partial charge in [0.1, 0.15) is 24.4 Å². The monoisotopic (exact) mass is 1100 g/mol. The van der Waals surface area contributed by atoms with E-state index in [9.17, 15) is 35.1 Å². The van der Waals surface area contributed by atoms with Gasteiger partial charge in [-0.15, -0.1) is 0 Å². The third-order valence-electron chi connectivity index (χ3n) is 14.8. The summed E-state index contributed by atoms with van der Waals surface area (Å²) in [6.45, 7) is 5.75. The second-order valence-corrected chi connectivity index (χ2v) is 22.1. The van der Waals surface area contributed by atoms with Gasteiger partial charge < -0.3 is 45.1 Å². The molecule has 0 aromatic heterocycles. The average Bonchev–Trinajstić information content (AvgIpc) is 3.44. The molecule has 1 fully saturated rings. The zero-order chi connectivity index (χ0) is 56.8. The van der Waals surface area contributed by atoms with E-state index < -0.39 is 67.4 Å². The number of unbranched alkanes of at least 4 members (excludes halogenated alkanes) is 30. The Hall–Kier alpha value is -2.90. The van der Waals surface area contributed by atoms with E-state index >= 15 is 0 Å². The summed E-state index contributed by atoms with van der Waals surface area (Å²) in [5.41, 5.74) is 0. The SMILES string of the molecule is CCCCC/C=C\C/C=C\C/C=C\C/C=C\CCCCCCC(O)C(=O)NC(COC1OC(CO)C(O)C(O)C1OC(=O)CCCCCCCCC/C=C/CCCCCCCC)C(O)/C=C/CCCCCCCCCCCC. The number of nitrogens with one attached hydrogen (secondary N) is 1. The molecule has 6 N–H and O–H groups in total. The lowest BCUT2D eigenvalue weighted by molar-refractivity contribution is -0.305. The molecular weight excluding hydrogens is 979 g/mol. The van der Waals surface area contributed by atoms with Crippen molar-refractivity contribution in [2.24, 2.45) is 0 Å². The molecule has 0 saturated carbocycles. The van der Waals surface area contributed by atoms with Crippen LogP contribution in [0.2, 0.25) is 0 Å². The number of amides is 1. The van der Waals surface area contributed by atoms with Crippen molar-refractivity contribution in [2.75, 3.05) is 13.2 Å². The smallest absolute Gasteiger partial charge is 0.306 e. The van der Waals surface area contributed by atoms with Gasteiger partial charge in [-0.25, -0.2) is 0 Å². The molecule has 0 aliphatic carbocycles. The number of hydrogen-bond donors (Lipinski definition) is 6. The summed E-state index contributed by atoms with van der Waals surface area (Å²) >= 11 is 0. The number of esters is 1. The van der Waals surface area contributed by atoms with Gasteiger partial charge in [-0.2, -0.15) is 0 Å². The molecule has 1 aliphatic rings. The number of hydrogen-bond acceptors (Lipinski definition) is 10. The van der Waals surface area contributed by atoms with Crippen LogP contribution in [0.1, 0.15) is 278 Å². The molecule has 0 aromatic carbocycles. The molecule has 11 nitrogen and oxygen atoms in total. The Bertz CT molecular complexity index is 1540. The topological polar surface area (TPSA) is 175 Å². The molecule has 11 heteroatoms. The van der Waals surface area contributed by atoms with Crippen molar-refractivity contribution in [3.63, 3.8) is 0 Å². The molecular formula is C67H119NO10. The maximum absolute atomic E-state index is 13.4. The van der Waals surface area contributed by atoms with E-state index in [1.54, 1.807) is 6.08 Å². The summed E-state index contributed by atoms with van der Waals surface area (Å²) < 4.78 is 17.6. The highest BCUT2D eigenvalue weighted by Gasteiger charge is 2.47. The average molecular weight is 1100 g/mol. The van der Waals surface area contributed by atoms with Crippen molar-refractivity contribution in [1.29, 1.82) is 0 Å². The largest absolute Gasteiger partial charge is 0.454 e. The first kappa shape index (κ1) is 73.1. The second kappa shape index (κ2) is 54.7. The molecule has 452 valence electrons. The lowest BCUT2D eigenvalue weighted by atomic mass is 9.99. The minimum absolute atomic E-state index is 0.114. The van der Waals surface area contributed by atoms with E-state index in [4.69, 9.17) is 14.2 Å². The van der Waals surface area contributed by atoms with Gasteiger partial charge >= 0.3 is 5.97 Å². The predicted octanol–water partition coefficient (Wildman–Crippen LogP) is 15.6. The Labute approximate surface area is 477 Å². The Balaban J connectivity index is 2.69. The van der Waals surface area contributed by atoms with Gasteiger partial charge in [0.05, 0.1) is 25.4 Å². The summed E-state index contributed by atoms with van der Waals surface area (Å²) in [5.74, 6) is -1.22. The van der Waals surface area contributed by atoms with Crippen molar-refractivity contribution in [3.8, 4) is 0 Å². The van der Waals surface area contributed by atoms with Crippen molar-refractivity contribution >= 4 is 11.9 Å². The molecule has 0 aromatic rings. The van der Waals surface area contributed by atoms with Crippen LogP contribution in [0.3, 0.4) is 0 Å². The highest BCUT2D eigenvalue weighted by Crippen LogP contribution is 2.26. The summed E-state index contributed by atoms with van der Waals surface area (Å²) in [5, 5.41) is 57.0. The highest BCUT2D eigenvalue weighted by molar-refractivity contribution is 5.80. The second-order valence-electron chi connectivity index (χ2n) is 22.1. The first-order chi connectivity index (χ1) is 38.2. The summed E-state index contributed by atoms with van der Waals surface area (Å²) in [7, 11) is 0. The standard InChI is InChI=1S/C67H119NO10/c1-4-7-10-13-16-19-22-25-27-29-30-31-33-34-36-39-42-45-48-51-54-60(71)66(75)68-58(59(70)53-50-47-44-41-38-24-21-18-15-12-9-6-3)57-76-67-65(64(74)63(73)61(56-69)77-67)78-62(72)55-52-49-46-43-40-37-35-32-28-26-23-20-17-14-11-8-5-2/h16,19,25-28,30-31,34,36,50,53,58-61,63-65,67,69-71,73-74H,4-15,17-18,20-24,29,32-33,35,37-49,51-52,54-57H2,1-3H3,(H,68,75)/b19-16-,27-25-,28-26+,31-30-,36-34-,53-50+. The van der Waals surface area contributed by atoms with Gasteiger partial charge in [0.2, 0.25) is 5.91 Å². The quantitative estimate of drug-likeness (QED) is 0.0195. The predicted molar refractivity (Wildman–Crippen MR) is 324 cm³/mol. The third kappa shape index (κ3) is 42.0. The molecule has 0 spiro atoms. The van der Waals surface area contributed by atoms with Crippen LogP contribution in [0.5, 0.6) is 0 Å². The van der Waals surface area contributed by atoms with E-state index in [0.29, 0.717) is 12.8 Å². The van der Waals surface area contributed by atoms with Crippen LogP contribution in [0, 0.1) is 0 Å². The van der Waals surface area contributed by atoms with Gasteiger partial charge in [0.25, 0.3) is 0 Å². The van der Waals surface area contributed by atoms with Crippen LogP contribution in [0.25, 0.3) is 0 Å². The molecule has 0 radical (unpaired) electrons. The van der Waals surface area contributed by atoms with Gasteiger partial charge in [0, 0.05) is 6.42 Å². The number of aliphatic hydroxyl groups excluding tert-OH is 5. The molecule has 1 heterocycles. The number of ether oxygens (including phenoxy) is 3. The lowest BCUT2D eigenvalue weighted by Gasteiger charge is -2.41. The number of carbonyl (C=O) groups is 2. The van der Waals surface area contributed by atoms with Crippen molar-refractivity contribution in [2.45, 2.75) is 327 Å². The molecule has 78 heavy (non-hydrogen) atoms. The zero-order valence-corrected chi connectivity index (χ0v) is 50.0. The van der Waals surface area contributed by atoms with E-state index in [0.717, 1.165) is 96.3 Å². The van der Waals surface area contributed by atoms with E-state index in [1.165, 1.54) is 135 Å². The molecule has 8 atom stereocenters. The Kier molecular flexibility index (Phi) is 51.3. The number of carbonyl (C=O) groups excluding carboxylic acids is 2. The van der Waals surface area contributed by atoms with Crippen molar-refractivity contribution < 1.29 is 49.3 Å². The minimum Gasteiger partial charge on any atom is -0.454 e.